The van der Waals surface area contributed by atoms with Gasteiger partial charge < -0.3 is 4.90 Å². The van der Waals surface area contributed by atoms with Crippen molar-refractivity contribution in [3.05, 3.63) is 30.1 Å². The highest BCUT2D eigenvalue weighted by molar-refractivity contribution is 5.09. The SMILES string of the molecule is CN(C)CC(c1ccccn1)N(C)C. The fourth-order valence-corrected chi connectivity index (χ4v) is 1.44. The molecule has 1 atom stereocenters. The molecule has 0 N–H and O–H groups in total. The molecule has 3 heteroatoms. The fraction of sp³-hybridized carbons (Fsp3) is 0.545. The minimum absolute atomic E-state index is 0.367. The second-order valence-corrected chi connectivity index (χ2v) is 4.00. The summed E-state index contributed by atoms with van der Waals surface area (Å²) in [6, 6.07) is 6.43. The zero-order valence-corrected chi connectivity index (χ0v) is 9.44. The molecule has 78 valence electrons. The Morgan fingerprint density at radius 2 is 1.93 bits per heavy atom. The van der Waals surface area contributed by atoms with Crippen molar-refractivity contribution in [3.63, 3.8) is 0 Å². The molecule has 3 nitrogen and oxygen atoms in total. The van der Waals surface area contributed by atoms with Crippen LogP contribution in [-0.2, 0) is 0 Å². The van der Waals surface area contributed by atoms with Crippen molar-refractivity contribution >= 4 is 0 Å². The number of pyridine rings is 1. The number of aromatic nitrogens is 1. The largest absolute Gasteiger partial charge is 0.307 e. The van der Waals surface area contributed by atoms with Crippen LogP contribution < -0.4 is 0 Å². The lowest BCUT2D eigenvalue weighted by atomic mass is 10.1. The van der Waals surface area contributed by atoms with Crippen LogP contribution >= 0.6 is 0 Å². The van der Waals surface area contributed by atoms with E-state index in [-0.39, 0.29) is 0 Å². The average molecular weight is 193 g/mol. The monoisotopic (exact) mass is 193 g/mol. The summed E-state index contributed by atoms with van der Waals surface area (Å²) >= 11 is 0. The van der Waals surface area contributed by atoms with Crippen molar-refractivity contribution in [3.8, 4) is 0 Å². The highest BCUT2D eigenvalue weighted by atomic mass is 15.2. The Morgan fingerprint density at radius 3 is 2.36 bits per heavy atom. The molecule has 1 rings (SSSR count). The molecule has 0 spiro atoms. The lowest BCUT2D eigenvalue weighted by Gasteiger charge is -2.26. The maximum atomic E-state index is 4.39. The Balaban J connectivity index is 2.78. The maximum absolute atomic E-state index is 4.39. The molecule has 0 aromatic carbocycles. The zero-order valence-electron chi connectivity index (χ0n) is 9.44. The third-order valence-corrected chi connectivity index (χ3v) is 2.19. The molecule has 0 bridgehead atoms. The van der Waals surface area contributed by atoms with Gasteiger partial charge in [-0.05, 0) is 40.3 Å². The Hall–Kier alpha value is -0.930. The summed E-state index contributed by atoms with van der Waals surface area (Å²) in [5.41, 5.74) is 1.13. The molecule has 14 heavy (non-hydrogen) atoms. The normalized spacial score (nSPS) is 13.6. The quantitative estimate of drug-likeness (QED) is 0.717. The minimum atomic E-state index is 0.367. The average Bonchev–Trinajstić information content (AvgIpc) is 2.15. The van der Waals surface area contributed by atoms with Gasteiger partial charge in [0.2, 0.25) is 0 Å². The smallest absolute Gasteiger partial charge is 0.0644 e. The lowest BCUT2D eigenvalue weighted by molar-refractivity contribution is 0.227. The van der Waals surface area contributed by atoms with Crippen molar-refractivity contribution in [2.24, 2.45) is 0 Å². The Labute approximate surface area is 86.4 Å². The van der Waals surface area contributed by atoms with Crippen LogP contribution in [0.4, 0.5) is 0 Å². The summed E-state index contributed by atoms with van der Waals surface area (Å²) in [5.74, 6) is 0. The van der Waals surface area contributed by atoms with Crippen LogP contribution in [0, 0.1) is 0 Å². The van der Waals surface area contributed by atoms with Crippen molar-refractivity contribution in [2.75, 3.05) is 34.7 Å². The zero-order chi connectivity index (χ0) is 10.6. The first-order valence-corrected chi connectivity index (χ1v) is 4.83. The third-order valence-electron chi connectivity index (χ3n) is 2.19. The molecule has 0 saturated heterocycles. The van der Waals surface area contributed by atoms with Gasteiger partial charge >= 0.3 is 0 Å². The van der Waals surface area contributed by atoms with Crippen LogP contribution in [0.15, 0.2) is 24.4 Å². The van der Waals surface area contributed by atoms with E-state index >= 15 is 0 Å². The van der Waals surface area contributed by atoms with E-state index in [9.17, 15) is 0 Å². The predicted octanol–water partition coefficient (Wildman–Crippen LogP) is 1.25. The van der Waals surface area contributed by atoms with Gasteiger partial charge in [0.25, 0.3) is 0 Å². The molecule has 0 fully saturated rings. The second kappa shape index (κ2) is 5.08. The molecule has 0 aliphatic rings. The van der Waals surface area contributed by atoms with E-state index in [2.05, 4.69) is 49.0 Å². The number of rotatable bonds is 4. The van der Waals surface area contributed by atoms with E-state index in [1.54, 1.807) is 0 Å². The van der Waals surface area contributed by atoms with E-state index in [0.717, 1.165) is 12.2 Å². The summed E-state index contributed by atoms with van der Waals surface area (Å²) < 4.78 is 0. The number of nitrogens with zero attached hydrogens (tertiary/aromatic N) is 3. The van der Waals surface area contributed by atoms with Gasteiger partial charge in [-0.1, -0.05) is 6.07 Å². The van der Waals surface area contributed by atoms with Crippen molar-refractivity contribution in [2.45, 2.75) is 6.04 Å². The van der Waals surface area contributed by atoms with Gasteiger partial charge in [-0.3, -0.25) is 9.88 Å². The molecule has 0 saturated carbocycles. The first-order chi connectivity index (χ1) is 6.61. The van der Waals surface area contributed by atoms with Crippen molar-refractivity contribution < 1.29 is 0 Å². The maximum Gasteiger partial charge on any atom is 0.0644 e. The molecule has 1 aromatic rings. The van der Waals surface area contributed by atoms with Crippen LogP contribution in [0.3, 0.4) is 0 Å². The lowest BCUT2D eigenvalue weighted by Crippen LogP contribution is -2.30. The molecule has 0 radical (unpaired) electrons. The van der Waals surface area contributed by atoms with Crippen LogP contribution in [0.25, 0.3) is 0 Å². The first-order valence-electron chi connectivity index (χ1n) is 4.83. The third kappa shape index (κ3) is 3.09. The Bertz CT molecular complexity index is 256. The van der Waals surface area contributed by atoms with E-state index in [1.807, 2.05) is 18.3 Å². The van der Waals surface area contributed by atoms with E-state index in [1.165, 1.54) is 0 Å². The summed E-state index contributed by atoms with van der Waals surface area (Å²) in [4.78, 5) is 8.76. The Kier molecular flexibility index (Phi) is 4.04. The number of hydrogen-bond donors (Lipinski definition) is 0. The highest BCUT2D eigenvalue weighted by Gasteiger charge is 2.15. The van der Waals surface area contributed by atoms with Gasteiger partial charge in [-0.2, -0.15) is 0 Å². The topological polar surface area (TPSA) is 19.4 Å². The van der Waals surface area contributed by atoms with Crippen LogP contribution in [0.5, 0.6) is 0 Å². The highest BCUT2D eigenvalue weighted by Crippen LogP contribution is 2.15. The van der Waals surface area contributed by atoms with Gasteiger partial charge in [0.1, 0.15) is 0 Å². The molecule has 1 unspecified atom stereocenters. The molecule has 0 aliphatic heterocycles. The van der Waals surface area contributed by atoms with E-state index < -0.39 is 0 Å². The molecule has 1 heterocycles. The fourth-order valence-electron chi connectivity index (χ4n) is 1.44. The summed E-state index contributed by atoms with van der Waals surface area (Å²) in [7, 11) is 8.34. The van der Waals surface area contributed by atoms with Gasteiger partial charge in [0.05, 0.1) is 11.7 Å². The van der Waals surface area contributed by atoms with Crippen LogP contribution in [0.2, 0.25) is 0 Å². The molecular weight excluding hydrogens is 174 g/mol. The predicted molar refractivity (Wildman–Crippen MR) is 59.2 cm³/mol. The van der Waals surface area contributed by atoms with Gasteiger partial charge in [-0.25, -0.2) is 0 Å². The standard InChI is InChI=1S/C11H19N3/c1-13(2)9-11(14(3)4)10-7-5-6-8-12-10/h5-8,11H,9H2,1-4H3. The van der Waals surface area contributed by atoms with Gasteiger partial charge in [0, 0.05) is 12.7 Å². The van der Waals surface area contributed by atoms with Gasteiger partial charge in [-0.15, -0.1) is 0 Å². The Morgan fingerprint density at radius 1 is 1.21 bits per heavy atom. The van der Waals surface area contributed by atoms with E-state index in [0.29, 0.717) is 6.04 Å². The first kappa shape index (κ1) is 11.1. The summed E-state index contributed by atoms with van der Waals surface area (Å²) in [6.45, 7) is 0.990. The molecule has 1 aromatic heterocycles. The molecule has 0 aliphatic carbocycles. The van der Waals surface area contributed by atoms with E-state index in [4.69, 9.17) is 0 Å². The number of hydrogen-bond acceptors (Lipinski definition) is 3. The molecule has 0 amide bonds. The molecular formula is C11H19N3. The number of likely N-dealkylation sites (N-methyl/N-ethyl adjacent to an activating group) is 2. The summed E-state index contributed by atoms with van der Waals surface area (Å²) in [6.07, 6.45) is 1.85. The van der Waals surface area contributed by atoms with Crippen molar-refractivity contribution in [1.82, 2.24) is 14.8 Å². The second-order valence-electron chi connectivity index (χ2n) is 4.00. The van der Waals surface area contributed by atoms with Crippen LogP contribution in [0.1, 0.15) is 11.7 Å². The van der Waals surface area contributed by atoms with Gasteiger partial charge in [0.15, 0.2) is 0 Å². The van der Waals surface area contributed by atoms with Crippen LogP contribution in [-0.4, -0.2) is 49.5 Å². The van der Waals surface area contributed by atoms with Crippen molar-refractivity contribution in [1.29, 1.82) is 0 Å². The minimum Gasteiger partial charge on any atom is -0.307 e. The summed E-state index contributed by atoms with van der Waals surface area (Å²) in [5, 5.41) is 0.